The summed E-state index contributed by atoms with van der Waals surface area (Å²) in [4.78, 5) is 29.6. The first kappa shape index (κ1) is 26.5. The molecule has 0 aliphatic heterocycles. The van der Waals surface area contributed by atoms with Gasteiger partial charge < -0.3 is 14.9 Å². The standard InChI is InChI=1S/C5H10N2O2.C4H6O3.CH6N2.CH4/c1-3-9-5(8)4-7-6-2;1-2-7-4(6)3-5;1-3-2;/h4,6H,3H2,1-2H3;3H,2H2,1H3;3H,2H2,1H3;1H4/b7-4-;;;. The van der Waals surface area contributed by atoms with Crippen molar-refractivity contribution in [3.63, 3.8) is 0 Å². The molecule has 0 atom stereocenters. The van der Waals surface area contributed by atoms with E-state index in [0.29, 0.717) is 6.61 Å². The number of nitrogens with zero attached hydrogens (tertiary/aromatic N) is 1. The molecule has 9 nitrogen and oxygen atoms in total. The van der Waals surface area contributed by atoms with E-state index in [1.54, 1.807) is 27.9 Å². The van der Waals surface area contributed by atoms with Gasteiger partial charge in [0.25, 0.3) is 0 Å². The summed E-state index contributed by atoms with van der Waals surface area (Å²) in [5, 5.41) is 3.44. The van der Waals surface area contributed by atoms with E-state index < -0.39 is 11.9 Å². The first-order chi connectivity index (χ1) is 9.03. The number of hydrazone groups is 1. The predicted octanol–water partition coefficient (Wildman–Crippen LogP) is -0.781. The van der Waals surface area contributed by atoms with Gasteiger partial charge in [-0.3, -0.25) is 16.1 Å². The SMILES string of the molecule is C.CCOC(=O)/C=N\NC.CCOC(=O)C=O.CNN. The minimum absolute atomic E-state index is 0. The Bertz CT molecular complexity index is 259. The molecular formula is C11H26N4O5. The summed E-state index contributed by atoms with van der Waals surface area (Å²) < 4.78 is 8.70. The summed E-state index contributed by atoms with van der Waals surface area (Å²) in [5.74, 6) is 3.37. The van der Waals surface area contributed by atoms with Gasteiger partial charge in [0.15, 0.2) is 0 Å². The van der Waals surface area contributed by atoms with Crippen LogP contribution in [0.25, 0.3) is 0 Å². The second-order valence-electron chi connectivity index (χ2n) is 2.39. The second kappa shape index (κ2) is 25.8. The number of ether oxygens (including phenoxy) is 2. The summed E-state index contributed by atoms with van der Waals surface area (Å²) in [5.41, 5.74) is 4.68. The summed E-state index contributed by atoms with van der Waals surface area (Å²) in [6, 6.07) is 0. The number of nitrogens with one attached hydrogen (secondary N) is 2. The lowest BCUT2D eigenvalue weighted by molar-refractivity contribution is -0.148. The summed E-state index contributed by atoms with van der Waals surface area (Å²) in [6.07, 6.45) is 1.23. The molecule has 0 spiro atoms. The zero-order chi connectivity index (χ0) is 15.5. The number of carbonyl (C=O) groups is 3. The molecule has 0 bridgehead atoms. The van der Waals surface area contributed by atoms with Crippen LogP contribution in [0.15, 0.2) is 5.10 Å². The fourth-order valence-corrected chi connectivity index (χ4v) is 0.473. The Morgan fingerprint density at radius 1 is 1.15 bits per heavy atom. The van der Waals surface area contributed by atoms with E-state index in [1.165, 1.54) is 0 Å². The van der Waals surface area contributed by atoms with Gasteiger partial charge in [0, 0.05) is 7.05 Å². The van der Waals surface area contributed by atoms with Crippen molar-refractivity contribution < 1.29 is 23.9 Å². The summed E-state index contributed by atoms with van der Waals surface area (Å²) in [7, 11) is 3.26. The number of rotatable bonds is 5. The molecule has 0 amide bonds. The van der Waals surface area contributed by atoms with E-state index in [1.807, 2.05) is 0 Å². The van der Waals surface area contributed by atoms with Gasteiger partial charge in [-0.25, -0.2) is 9.59 Å². The van der Waals surface area contributed by atoms with Crippen LogP contribution in [0.5, 0.6) is 0 Å². The van der Waals surface area contributed by atoms with Crippen molar-refractivity contribution in [2.45, 2.75) is 21.3 Å². The molecule has 0 unspecified atom stereocenters. The zero-order valence-corrected chi connectivity index (χ0v) is 11.6. The maximum atomic E-state index is 10.4. The van der Waals surface area contributed by atoms with Crippen molar-refractivity contribution in [3.8, 4) is 0 Å². The number of hydrogen-bond donors (Lipinski definition) is 3. The number of hydrogen-bond acceptors (Lipinski definition) is 9. The van der Waals surface area contributed by atoms with Gasteiger partial charge in [-0.2, -0.15) is 5.10 Å². The van der Waals surface area contributed by atoms with Gasteiger partial charge in [-0.15, -0.1) is 0 Å². The Morgan fingerprint density at radius 3 is 1.80 bits per heavy atom. The van der Waals surface area contributed by atoms with Gasteiger partial charge in [0.2, 0.25) is 6.29 Å². The Balaban J connectivity index is -0.000000105. The number of nitrogens with two attached hydrogens (primary N) is 1. The maximum absolute atomic E-state index is 10.4. The minimum atomic E-state index is -0.803. The summed E-state index contributed by atoms with van der Waals surface area (Å²) in [6.45, 7) is 4.03. The third kappa shape index (κ3) is 36.0. The molecule has 120 valence electrons. The largest absolute Gasteiger partial charge is 0.462 e. The van der Waals surface area contributed by atoms with E-state index in [-0.39, 0.29) is 20.3 Å². The first-order valence-electron chi connectivity index (χ1n) is 5.39. The summed E-state index contributed by atoms with van der Waals surface area (Å²) >= 11 is 0. The van der Waals surface area contributed by atoms with Gasteiger partial charge >= 0.3 is 11.9 Å². The normalized spacial score (nSPS) is 7.85. The smallest absolute Gasteiger partial charge is 0.371 e. The van der Waals surface area contributed by atoms with E-state index in [0.717, 1.165) is 6.21 Å². The van der Waals surface area contributed by atoms with Crippen LogP contribution < -0.4 is 16.7 Å². The number of esters is 2. The third-order valence-corrected chi connectivity index (χ3v) is 0.968. The fourth-order valence-electron chi connectivity index (χ4n) is 0.473. The van der Waals surface area contributed by atoms with E-state index in [9.17, 15) is 14.4 Å². The fraction of sp³-hybridized carbons (Fsp3) is 0.636. The van der Waals surface area contributed by atoms with Gasteiger partial charge in [0.1, 0.15) is 6.21 Å². The highest BCUT2D eigenvalue weighted by molar-refractivity contribution is 6.23. The molecule has 0 aromatic carbocycles. The molecule has 0 rings (SSSR count). The zero-order valence-electron chi connectivity index (χ0n) is 11.6. The van der Waals surface area contributed by atoms with Crippen LogP contribution >= 0.6 is 0 Å². The van der Waals surface area contributed by atoms with Crippen molar-refractivity contribution in [2.75, 3.05) is 27.3 Å². The Kier molecular flexibility index (Phi) is 34.2. The third-order valence-electron chi connectivity index (χ3n) is 0.968. The molecule has 20 heavy (non-hydrogen) atoms. The van der Waals surface area contributed by atoms with Crippen LogP contribution in [0.2, 0.25) is 0 Å². The second-order valence-corrected chi connectivity index (χ2v) is 2.39. The first-order valence-corrected chi connectivity index (χ1v) is 5.39. The van der Waals surface area contributed by atoms with Crippen molar-refractivity contribution in [1.82, 2.24) is 10.9 Å². The van der Waals surface area contributed by atoms with Gasteiger partial charge in [0.05, 0.1) is 13.2 Å². The number of carbonyl (C=O) groups excluding carboxylic acids is 3. The molecule has 4 N–H and O–H groups in total. The lowest BCUT2D eigenvalue weighted by atomic mass is 10.7. The highest BCUT2D eigenvalue weighted by Crippen LogP contribution is 1.70. The average Bonchev–Trinajstić information content (AvgIpc) is 2.38. The van der Waals surface area contributed by atoms with Crippen LogP contribution in [0, 0.1) is 0 Å². The maximum Gasteiger partial charge on any atom is 0.371 e. The Hall–Kier alpha value is -2.00. The van der Waals surface area contributed by atoms with Crippen molar-refractivity contribution in [1.29, 1.82) is 0 Å². The topological polar surface area (TPSA) is 132 Å². The highest BCUT2D eigenvalue weighted by Gasteiger charge is 1.92. The van der Waals surface area contributed by atoms with Crippen LogP contribution in [-0.2, 0) is 23.9 Å². The molecule has 0 aliphatic rings. The van der Waals surface area contributed by atoms with Crippen LogP contribution in [-0.4, -0.2) is 51.7 Å². The van der Waals surface area contributed by atoms with E-state index >= 15 is 0 Å². The number of aldehydes is 1. The van der Waals surface area contributed by atoms with Crippen molar-refractivity contribution in [2.24, 2.45) is 10.9 Å². The van der Waals surface area contributed by atoms with E-state index in [2.05, 4.69) is 31.3 Å². The molecule has 0 aromatic rings. The van der Waals surface area contributed by atoms with Crippen LogP contribution in [0.4, 0.5) is 0 Å². The Morgan fingerprint density at radius 2 is 1.55 bits per heavy atom. The number of hydrazine groups is 1. The highest BCUT2D eigenvalue weighted by atomic mass is 16.5. The molecule has 0 saturated carbocycles. The molecular weight excluding hydrogens is 268 g/mol. The molecule has 0 heterocycles. The van der Waals surface area contributed by atoms with Gasteiger partial charge in [-0.05, 0) is 20.9 Å². The quantitative estimate of drug-likeness (QED) is 0.150. The van der Waals surface area contributed by atoms with Crippen LogP contribution in [0.3, 0.4) is 0 Å². The molecule has 0 fully saturated rings. The van der Waals surface area contributed by atoms with Crippen LogP contribution in [0.1, 0.15) is 21.3 Å². The lowest BCUT2D eigenvalue weighted by Gasteiger charge is -1.92. The molecule has 0 radical (unpaired) electrons. The van der Waals surface area contributed by atoms with E-state index in [4.69, 9.17) is 0 Å². The average molecular weight is 294 g/mol. The van der Waals surface area contributed by atoms with Crippen molar-refractivity contribution >= 4 is 24.4 Å². The molecule has 0 saturated heterocycles. The predicted molar refractivity (Wildman–Crippen MR) is 76.9 cm³/mol. The monoisotopic (exact) mass is 294 g/mol. The molecule has 9 heteroatoms. The molecule has 0 aromatic heterocycles. The lowest BCUT2D eigenvalue weighted by Crippen LogP contribution is -2.13. The Labute approximate surface area is 119 Å². The van der Waals surface area contributed by atoms with Crippen molar-refractivity contribution in [3.05, 3.63) is 0 Å². The molecule has 0 aliphatic carbocycles. The van der Waals surface area contributed by atoms with Gasteiger partial charge in [-0.1, -0.05) is 7.43 Å². The minimum Gasteiger partial charge on any atom is -0.462 e.